The summed E-state index contributed by atoms with van der Waals surface area (Å²) in [4.78, 5) is 15.9. The molecule has 1 aromatic heterocycles. The van der Waals surface area contributed by atoms with Crippen LogP contribution >= 0.6 is 0 Å². The van der Waals surface area contributed by atoms with E-state index in [0.29, 0.717) is 12.0 Å². The van der Waals surface area contributed by atoms with E-state index in [0.717, 1.165) is 92.4 Å². The summed E-state index contributed by atoms with van der Waals surface area (Å²) in [5.41, 5.74) is 10.5. The predicted molar refractivity (Wildman–Crippen MR) is 175 cm³/mol. The van der Waals surface area contributed by atoms with Crippen molar-refractivity contribution in [1.29, 1.82) is 0 Å². The fraction of sp³-hybridized carbons (Fsp3) is 0.342. The van der Waals surface area contributed by atoms with E-state index in [4.69, 9.17) is 1.37 Å². The summed E-state index contributed by atoms with van der Waals surface area (Å²) in [7, 11) is 0.910. The van der Waals surface area contributed by atoms with Gasteiger partial charge in [0.1, 0.15) is 17.5 Å². The van der Waals surface area contributed by atoms with Gasteiger partial charge in [-0.2, -0.15) is 5.10 Å². The molecule has 0 atom stereocenters. The summed E-state index contributed by atoms with van der Waals surface area (Å²) in [5, 5.41) is 4.44. The zero-order valence-electron chi connectivity index (χ0n) is 27.1. The molecule has 3 aliphatic carbocycles. The first-order valence-electron chi connectivity index (χ1n) is 16.5. The van der Waals surface area contributed by atoms with E-state index >= 15 is 0 Å². The Kier molecular flexibility index (Phi) is 10.5. The molecule has 4 nitrogen and oxygen atoms in total. The number of fused-ring (bicyclic) bond motifs is 7. The molecule has 240 valence electrons. The smallest absolute Gasteiger partial charge is 0.163 e. The molecule has 0 N–H and O–H groups in total. The van der Waals surface area contributed by atoms with Crippen molar-refractivity contribution in [2.75, 3.05) is 13.7 Å². The second-order valence-electron chi connectivity index (χ2n) is 11.8. The predicted octanol–water partition coefficient (Wildman–Crippen LogP) is 8.93. The van der Waals surface area contributed by atoms with Gasteiger partial charge in [0.15, 0.2) is 5.78 Å². The van der Waals surface area contributed by atoms with Crippen molar-refractivity contribution < 1.29 is 23.7 Å². The summed E-state index contributed by atoms with van der Waals surface area (Å²) >= 11 is 0. The average Bonchev–Trinajstić information content (AvgIpc) is 3.52. The SMILES string of the molecule is Cn1cc2c(n1)-c1cc(F)ccc1CCC2.Fc1ccc2c(c1)C1=NCC=C1CCC2.O=C1CCCCc2ccc(F)cc21.[2H]CF. The highest BCUT2D eigenvalue weighted by atomic mass is 19.1. The second kappa shape index (κ2) is 15.3. The third-order valence-electron chi connectivity index (χ3n) is 8.71. The molecule has 2 heterocycles. The molecule has 0 saturated carbocycles. The van der Waals surface area contributed by atoms with Gasteiger partial charge in [-0.1, -0.05) is 24.3 Å². The van der Waals surface area contributed by atoms with Crippen molar-refractivity contribution in [3.05, 3.63) is 123 Å². The molecule has 8 heteroatoms. The molecule has 0 fully saturated rings. The quantitative estimate of drug-likeness (QED) is 0.144. The maximum Gasteiger partial charge on any atom is 0.163 e. The minimum absolute atomic E-state index is 0.0898. The van der Waals surface area contributed by atoms with Crippen LogP contribution in [0.3, 0.4) is 0 Å². The second-order valence-corrected chi connectivity index (χ2v) is 11.8. The molecule has 0 radical (unpaired) electrons. The number of ketones is 1. The van der Waals surface area contributed by atoms with Crippen molar-refractivity contribution in [2.45, 2.75) is 64.2 Å². The maximum absolute atomic E-state index is 13.3. The normalized spacial score (nSPS) is 16.1. The first kappa shape index (κ1) is 31.6. The number of aromatic nitrogens is 2. The molecule has 0 amide bonds. The summed E-state index contributed by atoms with van der Waals surface area (Å²) in [5.74, 6) is -0.567. The molecule has 8 rings (SSSR count). The Morgan fingerprint density at radius 2 is 1.22 bits per heavy atom. The van der Waals surface area contributed by atoms with Gasteiger partial charge in [-0.15, -0.1) is 0 Å². The molecule has 3 aromatic carbocycles. The minimum Gasteiger partial charge on any atom is -0.294 e. The number of carbonyl (C=O) groups excluding carboxylic acids is 1. The van der Waals surface area contributed by atoms with Gasteiger partial charge >= 0.3 is 0 Å². The molecule has 0 saturated heterocycles. The third kappa shape index (κ3) is 7.72. The Bertz CT molecular complexity index is 1800. The zero-order valence-corrected chi connectivity index (χ0v) is 26.1. The number of hydrogen-bond donors (Lipinski definition) is 0. The average molecular weight is 631 g/mol. The van der Waals surface area contributed by atoms with Crippen LogP contribution in [0.15, 0.2) is 77.4 Å². The van der Waals surface area contributed by atoms with Crippen molar-refractivity contribution in [3.63, 3.8) is 0 Å². The standard InChI is InChI=1S/C13H13FN2.C13H12FN.C11H11FO.CH3F/c1-16-8-10-4-2-3-9-5-6-11(14)7-12(9)13(10)15-16;14-11-5-4-9-2-1-3-10-6-7-15-13(10)12(9)8-11;12-9-6-5-8-3-1-2-4-11(13)10(8)7-9;1-2/h5-8H,2-4H2,1H3;4-6,8H,1-3,7H2;5-7H,1-4H2;1H3/i;;;1D. The Morgan fingerprint density at radius 3 is 1.91 bits per heavy atom. The fourth-order valence-electron chi connectivity index (χ4n) is 6.55. The van der Waals surface area contributed by atoms with Crippen molar-refractivity contribution >= 4 is 11.5 Å². The van der Waals surface area contributed by atoms with Gasteiger partial charge in [-0.3, -0.25) is 18.9 Å². The van der Waals surface area contributed by atoms with Crippen LogP contribution < -0.4 is 0 Å². The molecule has 4 aromatic rings. The van der Waals surface area contributed by atoms with E-state index in [2.05, 4.69) is 16.2 Å². The minimum atomic E-state index is -1.00. The zero-order chi connectivity index (χ0) is 33.3. The molecular weight excluding hydrogens is 590 g/mol. The van der Waals surface area contributed by atoms with Crippen molar-refractivity contribution in [1.82, 2.24) is 9.78 Å². The number of allylic oxidation sites excluding steroid dienone is 1. The van der Waals surface area contributed by atoms with E-state index in [9.17, 15) is 22.4 Å². The van der Waals surface area contributed by atoms with E-state index in [1.807, 2.05) is 30.1 Å². The van der Waals surface area contributed by atoms with E-state index in [1.54, 1.807) is 24.3 Å². The lowest BCUT2D eigenvalue weighted by Gasteiger charge is -2.06. The largest absolute Gasteiger partial charge is 0.294 e. The van der Waals surface area contributed by atoms with Gasteiger partial charge < -0.3 is 0 Å². The highest BCUT2D eigenvalue weighted by molar-refractivity contribution is 6.15. The Labute approximate surface area is 269 Å². The number of aryl methyl sites for hydroxylation is 5. The highest BCUT2D eigenvalue weighted by Gasteiger charge is 2.21. The van der Waals surface area contributed by atoms with Gasteiger partial charge in [0.2, 0.25) is 0 Å². The van der Waals surface area contributed by atoms with Crippen molar-refractivity contribution in [2.24, 2.45) is 12.0 Å². The lowest BCUT2D eigenvalue weighted by Crippen LogP contribution is -2.03. The molecular formula is C38H39F4N3O. The number of carbonyl (C=O) groups is 1. The van der Waals surface area contributed by atoms with Crippen LogP contribution in [0.25, 0.3) is 11.3 Å². The van der Waals surface area contributed by atoms with E-state index in [-0.39, 0.29) is 23.2 Å². The lowest BCUT2D eigenvalue weighted by atomic mass is 10.00. The first-order valence-corrected chi connectivity index (χ1v) is 15.8. The number of Topliss-reactive ketones (excluding diaryl/α,β-unsaturated/α-hetero) is 1. The van der Waals surface area contributed by atoms with Gasteiger partial charge in [0.05, 0.1) is 26.5 Å². The van der Waals surface area contributed by atoms with Gasteiger partial charge in [-0.05, 0) is 122 Å². The van der Waals surface area contributed by atoms with Crippen LogP contribution in [0.5, 0.6) is 0 Å². The van der Waals surface area contributed by atoms with Gasteiger partial charge in [0.25, 0.3) is 0 Å². The van der Waals surface area contributed by atoms with Crippen LogP contribution in [-0.4, -0.2) is 35.0 Å². The molecule has 0 bridgehead atoms. The lowest BCUT2D eigenvalue weighted by molar-refractivity contribution is 0.0981. The van der Waals surface area contributed by atoms with Crippen molar-refractivity contribution in [3.8, 4) is 11.3 Å². The molecule has 0 spiro atoms. The number of aliphatic imine (C=N–C) groups is 1. The maximum atomic E-state index is 13.3. The highest BCUT2D eigenvalue weighted by Crippen LogP contribution is 2.32. The fourth-order valence-corrected chi connectivity index (χ4v) is 6.55. The molecule has 4 aliphatic rings. The third-order valence-corrected chi connectivity index (χ3v) is 8.71. The van der Waals surface area contributed by atoms with Crippen LogP contribution in [-0.2, 0) is 32.7 Å². The summed E-state index contributed by atoms with van der Waals surface area (Å²) in [6.45, 7) is 0.765. The van der Waals surface area contributed by atoms with Crippen LogP contribution in [0.2, 0.25) is 0 Å². The van der Waals surface area contributed by atoms with Gasteiger partial charge in [-0.25, -0.2) is 13.2 Å². The number of alkyl halides is 1. The topological polar surface area (TPSA) is 47.2 Å². The Balaban J connectivity index is 0.000000133. The van der Waals surface area contributed by atoms with E-state index in [1.165, 1.54) is 40.5 Å². The number of halogens is 4. The van der Waals surface area contributed by atoms with Crippen LogP contribution in [0.4, 0.5) is 17.6 Å². The van der Waals surface area contributed by atoms with Crippen LogP contribution in [0.1, 0.15) is 78.1 Å². The molecule has 1 aliphatic heterocycles. The number of hydrogen-bond acceptors (Lipinski definition) is 3. The number of benzene rings is 3. The summed E-state index contributed by atoms with van der Waals surface area (Å²) in [6.07, 6.45) is 14.0. The molecule has 46 heavy (non-hydrogen) atoms. The van der Waals surface area contributed by atoms with Crippen LogP contribution in [0, 0.1) is 17.5 Å². The number of nitrogens with zero attached hydrogens (tertiary/aromatic N) is 3. The number of rotatable bonds is 0. The summed E-state index contributed by atoms with van der Waals surface area (Å²) < 4.78 is 56.7. The monoisotopic (exact) mass is 630 g/mol. The summed E-state index contributed by atoms with van der Waals surface area (Å²) in [6, 6.07) is 14.6. The Hall–Kier alpha value is -4.33. The Morgan fingerprint density at radius 1 is 0.696 bits per heavy atom. The molecule has 0 unspecified atom stereocenters. The first-order chi connectivity index (χ1) is 22.8. The van der Waals surface area contributed by atoms with E-state index < -0.39 is 7.15 Å². The van der Waals surface area contributed by atoms with Gasteiger partial charge in [0, 0.05) is 36.4 Å².